The van der Waals surface area contributed by atoms with Crippen molar-refractivity contribution >= 4 is 28.9 Å². The molecule has 2 aromatic rings. The third-order valence-electron chi connectivity index (χ3n) is 5.08. The number of aromatic nitrogens is 1. The van der Waals surface area contributed by atoms with Crippen molar-refractivity contribution in [3.63, 3.8) is 0 Å². The zero-order valence-electron chi connectivity index (χ0n) is 17.9. The fourth-order valence-corrected chi connectivity index (χ4v) is 3.70. The molecular formula is C22H29N3O5. The minimum Gasteiger partial charge on any atom is -0.467 e. The number of carbonyl (C=O) groups excluding carboxylic acids is 3. The van der Waals surface area contributed by atoms with Crippen LogP contribution in [0.3, 0.4) is 0 Å². The highest BCUT2D eigenvalue weighted by molar-refractivity contribution is 5.91. The van der Waals surface area contributed by atoms with Crippen molar-refractivity contribution in [2.75, 3.05) is 13.7 Å². The van der Waals surface area contributed by atoms with Gasteiger partial charge in [-0.3, -0.25) is 9.69 Å². The SMILES string of the molecule is COC(=O)[C@H](Cc1c[nH]c2ccccc12)NC(=O)[C@@H]1CCCN1C(=O)OC(C)(C)C. The predicted octanol–water partition coefficient (Wildman–Crippen LogP) is 2.77. The topological polar surface area (TPSA) is 101 Å². The largest absolute Gasteiger partial charge is 0.467 e. The molecule has 162 valence electrons. The average molecular weight is 415 g/mol. The molecule has 0 bridgehead atoms. The van der Waals surface area contributed by atoms with Crippen LogP contribution in [0.4, 0.5) is 4.79 Å². The summed E-state index contributed by atoms with van der Waals surface area (Å²) >= 11 is 0. The van der Waals surface area contributed by atoms with Crippen molar-refractivity contribution in [2.24, 2.45) is 0 Å². The zero-order chi connectivity index (χ0) is 21.9. The molecule has 1 aliphatic rings. The lowest BCUT2D eigenvalue weighted by atomic mass is 10.0. The lowest BCUT2D eigenvalue weighted by Gasteiger charge is -2.28. The Labute approximate surface area is 175 Å². The Bertz CT molecular complexity index is 930. The number of esters is 1. The Morgan fingerprint density at radius 1 is 1.27 bits per heavy atom. The van der Waals surface area contributed by atoms with Crippen LogP contribution in [0.25, 0.3) is 10.9 Å². The van der Waals surface area contributed by atoms with Gasteiger partial charge in [-0.05, 0) is 45.2 Å². The molecule has 2 heterocycles. The molecule has 8 nitrogen and oxygen atoms in total. The van der Waals surface area contributed by atoms with Crippen molar-refractivity contribution < 1.29 is 23.9 Å². The van der Waals surface area contributed by atoms with Crippen LogP contribution in [0, 0.1) is 0 Å². The van der Waals surface area contributed by atoms with Gasteiger partial charge in [0.25, 0.3) is 0 Å². The van der Waals surface area contributed by atoms with Crippen molar-refractivity contribution in [3.05, 3.63) is 36.0 Å². The number of nitrogens with one attached hydrogen (secondary N) is 2. The first-order valence-corrected chi connectivity index (χ1v) is 10.1. The number of nitrogens with zero attached hydrogens (tertiary/aromatic N) is 1. The van der Waals surface area contributed by atoms with E-state index in [0.717, 1.165) is 16.5 Å². The van der Waals surface area contributed by atoms with Crippen LogP contribution in [-0.2, 0) is 25.5 Å². The number of hydrogen-bond donors (Lipinski definition) is 2. The average Bonchev–Trinajstić information content (AvgIpc) is 3.33. The van der Waals surface area contributed by atoms with E-state index in [4.69, 9.17) is 9.47 Å². The molecule has 3 rings (SSSR count). The zero-order valence-corrected chi connectivity index (χ0v) is 17.9. The summed E-state index contributed by atoms with van der Waals surface area (Å²) < 4.78 is 10.3. The number of likely N-dealkylation sites (tertiary alicyclic amines) is 1. The monoisotopic (exact) mass is 415 g/mol. The Morgan fingerprint density at radius 3 is 2.70 bits per heavy atom. The fraction of sp³-hybridized carbons (Fsp3) is 0.500. The van der Waals surface area contributed by atoms with Crippen LogP contribution in [0.1, 0.15) is 39.2 Å². The molecule has 1 aromatic carbocycles. The fourth-order valence-electron chi connectivity index (χ4n) is 3.70. The summed E-state index contributed by atoms with van der Waals surface area (Å²) in [4.78, 5) is 42.4. The number of hydrogen-bond acceptors (Lipinski definition) is 5. The van der Waals surface area contributed by atoms with Crippen LogP contribution < -0.4 is 5.32 Å². The second-order valence-corrected chi connectivity index (χ2v) is 8.48. The molecule has 0 unspecified atom stereocenters. The molecule has 2 N–H and O–H groups in total. The van der Waals surface area contributed by atoms with Gasteiger partial charge >= 0.3 is 12.1 Å². The molecule has 0 aliphatic carbocycles. The smallest absolute Gasteiger partial charge is 0.410 e. The lowest BCUT2D eigenvalue weighted by Crippen LogP contribution is -2.52. The maximum Gasteiger partial charge on any atom is 0.410 e. The molecule has 30 heavy (non-hydrogen) atoms. The number of rotatable bonds is 5. The summed E-state index contributed by atoms with van der Waals surface area (Å²) in [6.07, 6.45) is 2.80. The Balaban J connectivity index is 1.73. The number of H-pyrrole nitrogens is 1. The van der Waals surface area contributed by atoms with Crippen LogP contribution >= 0.6 is 0 Å². The van der Waals surface area contributed by atoms with E-state index in [9.17, 15) is 14.4 Å². The first kappa shape index (κ1) is 21.7. The number of carbonyl (C=O) groups is 3. The minimum absolute atomic E-state index is 0.279. The van der Waals surface area contributed by atoms with Gasteiger partial charge in [0.2, 0.25) is 5.91 Å². The van der Waals surface area contributed by atoms with Crippen molar-refractivity contribution in [1.82, 2.24) is 15.2 Å². The lowest BCUT2D eigenvalue weighted by molar-refractivity contribution is -0.145. The van der Waals surface area contributed by atoms with E-state index in [0.29, 0.717) is 19.4 Å². The maximum atomic E-state index is 13.0. The molecule has 0 spiro atoms. The summed E-state index contributed by atoms with van der Waals surface area (Å²) in [5.41, 5.74) is 1.20. The van der Waals surface area contributed by atoms with E-state index in [1.54, 1.807) is 20.8 Å². The Hall–Kier alpha value is -3.03. The standard InChI is InChI=1S/C22H29N3O5/c1-22(2,3)30-21(28)25-11-7-10-18(25)19(26)24-17(20(27)29-4)12-14-13-23-16-9-6-5-8-15(14)16/h5-6,8-9,13,17-18,23H,7,10-12H2,1-4H3,(H,24,26)/t17-,18-/m0/s1. The number of para-hydroxylation sites is 1. The molecule has 0 saturated carbocycles. The van der Waals surface area contributed by atoms with E-state index in [1.807, 2.05) is 30.5 Å². The van der Waals surface area contributed by atoms with Gasteiger partial charge in [-0.1, -0.05) is 18.2 Å². The van der Waals surface area contributed by atoms with Crippen LogP contribution in [-0.4, -0.2) is 59.2 Å². The number of aromatic amines is 1. The normalized spacial score (nSPS) is 17.6. The summed E-state index contributed by atoms with van der Waals surface area (Å²) in [6, 6.07) is 6.22. The second kappa shape index (κ2) is 8.77. The third-order valence-corrected chi connectivity index (χ3v) is 5.08. The summed E-state index contributed by atoms with van der Waals surface area (Å²) in [6.45, 7) is 5.79. The van der Waals surface area contributed by atoms with Gasteiger partial charge in [0, 0.05) is 30.1 Å². The van der Waals surface area contributed by atoms with Gasteiger partial charge in [-0.25, -0.2) is 9.59 Å². The number of benzene rings is 1. The van der Waals surface area contributed by atoms with Crippen LogP contribution in [0.15, 0.2) is 30.5 Å². The van der Waals surface area contributed by atoms with Gasteiger partial charge in [-0.15, -0.1) is 0 Å². The van der Waals surface area contributed by atoms with E-state index in [1.165, 1.54) is 12.0 Å². The number of ether oxygens (including phenoxy) is 2. The first-order valence-electron chi connectivity index (χ1n) is 10.1. The summed E-state index contributed by atoms with van der Waals surface area (Å²) in [7, 11) is 1.29. The van der Waals surface area contributed by atoms with Gasteiger partial charge in [0.15, 0.2) is 0 Å². The highest BCUT2D eigenvalue weighted by atomic mass is 16.6. The molecule has 0 radical (unpaired) electrons. The van der Waals surface area contributed by atoms with Gasteiger partial charge in [-0.2, -0.15) is 0 Å². The van der Waals surface area contributed by atoms with Crippen molar-refractivity contribution in [2.45, 2.75) is 57.7 Å². The van der Waals surface area contributed by atoms with E-state index in [-0.39, 0.29) is 12.3 Å². The van der Waals surface area contributed by atoms with Crippen LogP contribution in [0.2, 0.25) is 0 Å². The third kappa shape index (κ3) is 4.93. The molecule has 8 heteroatoms. The number of amides is 2. The predicted molar refractivity (Wildman–Crippen MR) is 112 cm³/mol. The van der Waals surface area contributed by atoms with Crippen molar-refractivity contribution in [3.8, 4) is 0 Å². The van der Waals surface area contributed by atoms with E-state index >= 15 is 0 Å². The summed E-state index contributed by atoms with van der Waals surface area (Å²) in [5.74, 6) is -0.913. The highest BCUT2D eigenvalue weighted by Gasteiger charge is 2.38. The van der Waals surface area contributed by atoms with Gasteiger partial charge in [0.1, 0.15) is 17.7 Å². The number of fused-ring (bicyclic) bond motifs is 1. The Morgan fingerprint density at radius 2 is 2.00 bits per heavy atom. The van der Waals surface area contributed by atoms with Gasteiger partial charge < -0.3 is 19.8 Å². The molecule has 2 atom stereocenters. The number of methoxy groups -OCH3 is 1. The molecule has 1 aliphatic heterocycles. The van der Waals surface area contributed by atoms with Gasteiger partial charge in [0.05, 0.1) is 7.11 Å². The Kier molecular flexibility index (Phi) is 6.34. The van der Waals surface area contributed by atoms with Crippen LogP contribution in [0.5, 0.6) is 0 Å². The maximum absolute atomic E-state index is 13.0. The molecular weight excluding hydrogens is 386 g/mol. The quantitative estimate of drug-likeness (QED) is 0.732. The molecule has 1 saturated heterocycles. The highest BCUT2D eigenvalue weighted by Crippen LogP contribution is 2.22. The second-order valence-electron chi connectivity index (χ2n) is 8.48. The summed E-state index contributed by atoms with van der Waals surface area (Å²) in [5, 5.41) is 3.77. The molecule has 2 amide bonds. The molecule has 1 fully saturated rings. The first-order chi connectivity index (χ1) is 14.2. The molecule has 1 aromatic heterocycles. The minimum atomic E-state index is -0.859. The van der Waals surface area contributed by atoms with E-state index < -0.39 is 29.7 Å². The van der Waals surface area contributed by atoms with Crippen molar-refractivity contribution in [1.29, 1.82) is 0 Å². The van der Waals surface area contributed by atoms with E-state index in [2.05, 4.69) is 10.3 Å².